The molecule has 0 heterocycles. The van der Waals surface area contributed by atoms with Gasteiger partial charge in [-0.25, -0.2) is 4.79 Å². The molecule has 634 valence electrons. The van der Waals surface area contributed by atoms with Crippen LogP contribution in [0.15, 0.2) is 48.5 Å². The molecule has 2 aromatic carbocycles. The second-order valence-corrected chi connectivity index (χ2v) is 29.6. The van der Waals surface area contributed by atoms with Crippen molar-refractivity contribution in [3.63, 3.8) is 0 Å². The van der Waals surface area contributed by atoms with E-state index in [-0.39, 0.29) is 140 Å². The highest BCUT2D eigenvalue weighted by molar-refractivity contribution is 7.81. The molecule has 113 heavy (non-hydrogen) atoms. The van der Waals surface area contributed by atoms with Gasteiger partial charge < -0.3 is 140 Å². The molecule has 0 aromatic heterocycles. The number of nitrogens with one attached hydrogen (secondary N) is 16. The van der Waals surface area contributed by atoms with Gasteiger partial charge in [0.25, 0.3) is 0 Å². The highest BCUT2D eigenvalue weighted by Gasteiger charge is 2.41. The summed E-state index contributed by atoms with van der Waals surface area (Å²) in [6.45, 7) is 8.31. The molecule has 12 amide bonds. The first-order chi connectivity index (χ1) is 53.1. The lowest BCUT2D eigenvalue weighted by Crippen LogP contribution is -2.63. The smallest absolute Gasteiger partial charge is 0.326 e. The normalized spacial score (nSPS) is 15.3. The quantitative estimate of drug-likeness (QED) is 0.0127. The number of carbonyl (C=O) groups excluding carboxylic acids is 12. The number of guanidine groups is 2. The topological polar surface area (TPSA) is 721 Å². The van der Waals surface area contributed by atoms with Crippen LogP contribution in [-0.2, 0) is 75.2 Å². The fourth-order valence-electron chi connectivity index (χ4n) is 11.1. The van der Waals surface area contributed by atoms with Crippen LogP contribution in [0, 0.1) is 16.7 Å². The average Bonchev–Trinajstić information content (AvgIpc) is 0.825. The number of aromatic hydroxyl groups is 2. The van der Waals surface area contributed by atoms with Crippen LogP contribution in [0.25, 0.3) is 0 Å². The van der Waals surface area contributed by atoms with Crippen molar-refractivity contribution in [2.24, 2.45) is 46.1 Å². The number of aliphatic carboxylic acids is 1. The zero-order valence-corrected chi connectivity index (χ0v) is 66.3. The molecular formula is C70H119N23O18S2. The number of phenolic OH excluding ortho intramolecular Hbond substituents is 2. The molecule has 0 bridgehead atoms. The Hall–Kier alpha value is -9.89. The standard InChI is InChI=1S/C70H119N23O18S2/c1-35(2)31-48(89-66(109)54(70(5,6)113)93-62(105)49(88-64(107)52(75)36(3)94)32-38-14-18-40(96)19-15-38)61(104)84-43(12-9-29-80-68(76)77)55(98)85-47(24-28-74)60(103)92-53(37(4)95)65(108)87-46(23-27-73)59(102)82-42(11-7-8-25-71)57(100)91-51(34-112)63(106)86-45(22-26-72)58(101)83-44(13-10-30-81-69(78)79)56(99)90-50(67(110)111)33-39-16-20-41(97)21-17-39/h14-21,35-37,42-54,94-97,112-113H,7-13,22-34,71-75H2,1-6H3,(H,82,102)(H,83,101)(H,84,104)(H,85,98)(H,86,106)(H,87,108)(H,88,107)(H,89,109)(H,90,99)(H,91,100)(H,92,103)(H,93,105)(H,110,111)(H4,76,77,80)(H4,78,79,81)/t36-,37-,42+,43+,44+,45+,46-,47+,48+,49+,50+,51+,52+,53+,54-/m1/s1. The molecule has 0 aliphatic carbocycles. The van der Waals surface area contributed by atoms with Gasteiger partial charge in [0.05, 0.1) is 12.2 Å². The zero-order chi connectivity index (χ0) is 85.4. The van der Waals surface area contributed by atoms with Crippen molar-refractivity contribution >= 4 is 114 Å². The van der Waals surface area contributed by atoms with E-state index in [1.165, 1.54) is 69.3 Å². The number of carboxylic acid groups (broad SMARTS) is 1. The first kappa shape index (κ1) is 99.2. The second-order valence-electron chi connectivity index (χ2n) is 28.1. The summed E-state index contributed by atoms with van der Waals surface area (Å²) in [5.74, 6) is -14.9. The Morgan fingerprint density at radius 1 is 0.416 bits per heavy atom. The number of aliphatic hydroxyl groups excluding tert-OH is 2. The highest BCUT2D eigenvalue weighted by Crippen LogP contribution is 2.21. The molecule has 41 nitrogen and oxygen atoms in total. The van der Waals surface area contributed by atoms with E-state index in [2.05, 4.69) is 99.7 Å². The van der Waals surface area contributed by atoms with E-state index in [0.29, 0.717) is 17.5 Å². The molecule has 0 aliphatic heterocycles. The lowest BCUT2D eigenvalue weighted by molar-refractivity contribution is -0.142. The number of thiol groups is 2. The lowest BCUT2D eigenvalue weighted by atomic mass is 9.97. The van der Waals surface area contributed by atoms with Gasteiger partial charge in [-0.05, 0) is 166 Å². The number of hydrogen-bond donors (Lipinski definition) is 30. The fraction of sp³-hybridized carbons (Fsp3) is 0.614. The lowest BCUT2D eigenvalue weighted by Gasteiger charge is -2.33. The van der Waals surface area contributed by atoms with E-state index in [4.69, 9.17) is 51.0 Å². The van der Waals surface area contributed by atoms with Crippen LogP contribution in [0.5, 0.6) is 11.5 Å². The molecule has 2 aromatic rings. The van der Waals surface area contributed by atoms with Crippen molar-refractivity contribution in [3.8, 4) is 11.5 Å². The van der Waals surface area contributed by atoms with Crippen molar-refractivity contribution in [1.29, 1.82) is 10.8 Å². The third-order valence-corrected chi connectivity index (χ3v) is 18.0. The summed E-state index contributed by atoms with van der Waals surface area (Å²) in [6.07, 6.45) is -4.08. The van der Waals surface area contributed by atoms with Gasteiger partial charge >= 0.3 is 5.97 Å². The van der Waals surface area contributed by atoms with E-state index in [0.717, 1.165) is 6.92 Å². The number of hydrogen-bond acceptors (Lipinski definition) is 26. The number of carboxylic acids is 1. The minimum atomic E-state index is -1.89. The monoisotopic (exact) mass is 1630 g/mol. The Bertz CT molecular complexity index is 3470. The zero-order valence-electron chi connectivity index (χ0n) is 64.5. The maximum absolute atomic E-state index is 14.5. The number of nitrogens with two attached hydrogens (primary N) is 7. The van der Waals surface area contributed by atoms with Crippen LogP contribution in [0.1, 0.15) is 123 Å². The van der Waals surface area contributed by atoms with Gasteiger partial charge in [0, 0.05) is 36.4 Å². The largest absolute Gasteiger partial charge is 0.508 e. The van der Waals surface area contributed by atoms with Crippen molar-refractivity contribution in [2.45, 2.75) is 221 Å². The maximum Gasteiger partial charge on any atom is 0.326 e. The third kappa shape index (κ3) is 37.1. The van der Waals surface area contributed by atoms with E-state index in [9.17, 15) is 87.9 Å². The van der Waals surface area contributed by atoms with Gasteiger partial charge in [-0.3, -0.25) is 68.4 Å². The van der Waals surface area contributed by atoms with Gasteiger partial charge in [-0.15, -0.1) is 0 Å². The first-order valence-electron chi connectivity index (χ1n) is 37.0. The molecule has 43 heteroatoms. The van der Waals surface area contributed by atoms with Crippen molar-refractivity contribution in [3.05, 3.63) is 59.7 Å². The Morgan fingerprint density at radius 2 is 0.743 bits per heavy atom. The number of amides is 12. The van der Waals surface area contributed by atoms with Crippen LogP contribution in [0.2, 0.25) is 0 Å². The molecule has 2 rings (SSSR count). The molecule has 15 atom stereocenters. The third-order valence-electron chi connectivity index (χ3n) is 17.4. The highest BCUT2D eigenvalue weighted by atomic mass is 32.1. The van der Waals surface area contributed by atoms with Crippen molar-refractivity contribution < 1.29 is 87.9 Å². The van der Waals surface area contributed by atoms with E-state index in [1.807, 2.05) is 0 Å². The molecule has 0 saturated carbocycles. The second kappa shape index (κ2) is 51.0. The first-order valence-corrected chi connectivity index (χ1v) is 38.0. The van der Waals surface area contributed by atoms with Crippen LogP contribution in [-0.4, -0.2) is 255 Å². The minimum Gasteiger partial charge on any atom is -0.508 e. The fourth-order valence-corrected chi connectivity index (χ4v) is 11.5. The van der Waals surface area contributed by atoms with E-state index < -0.39 is 184 Å². The molecule has 0 unspecified atom stereocenters. The Kier molecular flexibility index (Phi) is 44.7. The molecule has 35 N–H and O–H groups in total. The Morgan fingerprint density at radius 3 is 1.10 bits per heavy atom. The predicted octanol–water partition coefficient (Wildman–Crippen LogP) is -7.74. The Labute approximate surface area is 666 Å². The number of phenols is 2. The van der Waals surface area contributed by atoms with E-state index in [1.54, 1.807) is 13.8 Å². The van der Waals surface area contributed by atoms with Gasteiger partial charge in [0.2, 0.25) is 70.9 Å². The van der Waals surface area contributed by atoms with E-state index >= 15 is 0 Å². The van der Waals surface area contributed by atoms with Crippen molar-refractivity contribution in [1.82, 2.24) is 74.4 Å². The Balaban J connectivity index is 2.44. The van der Waals surface area contributed by atoms with Gasteiger partial charge in [-0.2, -0.15) is 25.3 Å². The summed E-state index contributed by atoms with van der Waals surface area (Å²) < 4.78 is -1.39. The molecule has 0 saturated heterocycles. The summed E-state index contributed by atoms with van der Waals surface area (Å²) >= 11 is 8.88. The number of aliphatic hydroxyl groups is 2. The summed E-state index contributed by atoms with van der Waals surface area (Å²) in [5.41, 5.74) is 41.2. The number of benzene rings is 2. The van der Waals surface area contributed by atoms with Crippen molar-refractivity contribution in [2.75, 3.05) is 45.0 Å². The van der Waals surface area contributed by atoms with Crippen LogP contribution >= 0.6 is 25.3 Å². The van der Waals surface area contributed by atoms with Gasteiger partial charge in [0.1, 0.15) is 90.0 Å². The summed E-state index contributed by atoms with van der Waals surface area (Å²) in [7, 11) is 0. The molecule has 0 aliphatic rings. The molecule has 0 spiro atoms. The molecule has 0 fully saturated rings. The van der Waals surface area contributed by atoms with Gasteiger partial charge in [0.15, 0.2) is 11.9 Å². The minimum absolute atomic E-state index is 0.00362. The van der Waals surface area contributed by atoms with Crippen LogP contribution < -0.4 is 115 Å². The predicted molar refractivity (Wildman–Crippen MR) is 424 cm³/mol. The number of rotatable bonds is 53. The summed E-state index contributed by atoms with van der Waals surface area (Å²) in [6, 6.07) is -8.64. The maximum atomic E-state index is 14.5. The average molecular weight is 1630 g/mol. The SMILES string of the molecule is CC(C)C[C@H](NC(=O)[C@@H](NC(=O)[C@H](Cc1ccc(O)cc1)NC(=O)[C@@H](N)[C@@H](C)O)C(C)(C)S)C(=O)N[C@@H](CCCNC(=N)N)C(=O)N[C@@H](CCN)C(=O)N[C@H](C(=O)N[C@H](CCN)C(=O)N[C@@H](CCCCN)C(=O)N[C@@H](CS)C(=O)N[C@@H](CCN)C(=O)N[C@@H](CCCNC(=N)N)C(=O)N[C@@H](Cc1ccc(O)cc1)C(=O)O)[C@@H](C)O. The van der Waals surface area contributed by atoms with Gasteiger partial charge in [-0.1, -0.05) is 38.1 Å². The molecule has 0 radical (unpaired) electrons. The number of unbranched alkanes of at least 4 members (excludes halogenated alkanes) is 1. The number of carbonyl (C=O) groups is 13. The summed E-state index contributed by atoms with van der Waals surface area (Å²) in [5, 5.41) is 101. The van der Waals surface area contributed by atoms with Crippen LogP contribution in [0.4, 0.5) is 0 Å². The summed E-state index contributed by atoms with van der Waals surface area (Å²) in [4.78, 5) is 182. The molecular weight excluding hydrogens is 1520 g/mol. The van der Waals surface area contributed by atoms with Crippen LogP contribution in [0.3, 0.4) is 0 Å².